The summed E-state index contributed by atoms with van der Waals surface area (Å²) in [5.74, 6) is 0.959. The molecule has 1 saturated carbocycles. The summed E-state index contributed by atoms with van der Waals surface area (Å²) in [6, 6.07) is 13.5. The average Bonchev–Trinajstić information content (AvgIpc) is 2.98. The quantitative estimate of drug-likeness (QED) is 0.895. The molecule has 0 heterocycles. The van der Waals surface area contributed by atoms with Crippen LogP contribution in [0.4, 0.5) is 0 Å². The first-order valence-corrected chi connectivity index (χ1v) is 7.16. The third-order valence-electron chi connectivity index (χ3n) is 4.13. The lowest BCUT2D eigenvalue weighted by molar-refractivity contribution is 0.419. The molecule has 2 aromatic carbocycles. The van der Waals surface area contributed by atoms with Gasteiger partial charge >= 0.3 is 0 Å². The van der Waals surface area contributed by atoms with E-state index in [9.17, 15) is 0 Å². The lowest BCUT2D eigenvalue weighted by atomic mass is 10.0. The van der Waals surface area contributed by atoms with Crippen molar-refractivity contribution in [3.8, 4) is 5.75 Å². The second-order valence-electron chi connectivity index (χ2n) is 5.33. The van der Waals surface area contributed by atoms with Gasteiger partial charge in [-0.1, -0.05) is 43.2 Å². The third-order valence-corrected chi connectivity index (χ3v) is 4.13. The van der Waals surface area contributed by atoms with Crippen LogP contribution in [-0.4, -0.2) is 13.2 Å². The number of rotatable bonds is 4. The Labute approximate surface area is 114 Å². The molecule has 0 spiro atoms. The summed E-state index contributed by atoms with van der Waals surface area (Å²) in [4.78, 5) is 0. The van der Waals surface area contributed by atoms with Gasteiger partial charge in [-0.3, -0.25) is 0 Å². The number of ether oxygens (including phenoxy) is 1. The molecule has 1 aliphatic rings. The van der Waals surface area contributed by atoms with Crippen LogP contribution >= 0.6 is 0 Å². The monoisotopic (exact) mass is 255 g/mol. The van der Waals surface area contributed by atoms with Crippen molar-refractivity contribution < 1.29 is 4.74 Å². The smallest absolute Gasteiger partial charge is 0.126 e. The first-order chi connectivity index (χ1) is 9.38. The molecule has 19 heavy (non-hydrogen) atoms. The van der Waals surface area contributed by atoms with Crippen LogP contribution in [0.5, 0.6) is 5.75 Å². The van der Waals surface area contributed by atoms with E-state index in [-0.39, 0.29) is 0 Å². The highest BCUT2D eigenvalue weighted by Crippen LogP contribution is 2.28. The highest BCUT2D eigenvalue weighted by Gasteiger charge is 2.14. The standard InChI is InChI=1S/C17H21NO/c1-19-17-11-10-13(12-18-14-6-2-3-7-14)15-8-4-5-9-16(15)17/h4-5,8-11,14,18H,2-3,6-7,12H2,1H3. The topological polar surface area (TPSA) is 21.3 Å². The van der Waals surface area contributed by atoms with Gasteiger partial charge in [0, 0.05) is 18.0 Å². The molecule has 1 aliphatic carbocycles. The van der Waals surface area contributed by atoms with E-state index in [2.05, 4.69) is 41.7 Å². The highest BCUT2D eigenvalue weighted by molar-refractivity contribution is 5.91. The van der Waals surface area contributed by atoms with Crippen molar-refractivity contribution >= 4 is 10.8 Å². The minimum atomic E-state index is 0.709. The molecule has 0 saturated heterocycles. The lowest BCUT2D eigenvalue weighted by Gasteiger charge is -2.14. The Balaban J connectivity index is 1.86. The first kappa shape index (κ1) is 12.5. The van der Waals surface area contributed by atoms with Crippen LogP contribution in [0.25, 0.3) is 10.8 Å². The van der Waals surface area contributed by atoms with Gasteiger partial charge in [0.25, 0.3) is 0 Å². The summed E-state index contributed by atoms with van der Waals surface area (Å²) in [6.45, 7) is 0.954. The zero-order valence-corrected chi connectivity index (χ0v) is 11.5. The zero-order valence-electron chi connectivity index (χ0n) is 11.5. The molecule has 0 bridgehead atoms. The Morgan fingerprint density at radius 3 is 2.53 bits per heavy atom. The summed E-state index contributed by atoms with van der Waals surface area (Å²) in [7, 11) is 1.73. The summed E-state index contributed by atoms with van der Waals surface area (Å²) in [5.41, 5.74) is 1.36. The van der Waals surface area contributed by atoms with E-state index in [4.69, 9.17) is 4.74 Å². The number of hydrogen-bond donors (Lipinski definition) is 1. The van der Waals surface area contributed by atoms with Gasteiger partial charge in [0.15, 0.2) is 0 Å². The maximum atomic E-state index is 5.44. The van der Waals surface area contributed by atoms with Crippen molar-refractivity contribution in [1.82, 2.24) is 5.32 Å². The molecular formula is C17H21NO. The number of fused-ring (bicyclic) bond motifs is 1. The van der Waals surface area contributed by atoms with Gasteiger partial charge in [-0.15, -0.1) is 0 Å². The van der Waals surface area contributed by atoms with Crippen LogP contribution in [0.2, 0.25) is 0 Å². The summed E-state index contributed by atoms with van der Waals surface area (Å²) in [6.07, 6.45) is 5.41. The van der Waals surface area contributed by atoms with Crippen molar-refractivity contribution in [1.29, 1.82) is 0 Å². The van der Waals surface area contributed by atoms with Gasteiger partial charge in [-0.05, 0) is 29.9 Å². The Hall–Kier alpha value is -1.54. The van der Waals surface area contributed by atoms with E-state index in [1.54, 1.807) is 7.11 Å². The van der Waals surface area contributed by atoms with Crippen molar-refractivity contribution in [3.05, 3.63) is 42.0 Å². The minimum absolute atomic E-state index is 0.709. The zero-order chi connectivity index (χ0) is 13.1. The molecular weight excluding hydrogens is 234 g/mol. The fourth-order valence-corrected chi connectivity index (χ4v) is 3.05. The van der Waals surface area contributed by atoms with Gasteiger partial charge < -0.3 is 10.1 Å². The summed E-state index contributed by atoms with van der Waals surface area (Å²) in [5, 5.41) is 6.19. The minimum Gasteiger partial charge on any atom is -0.496 e. The van der Waals surface area contributed by atoms with Crippen LogP contribution in [0, 0.1) is 0 Å². The second kappa shape index (κ2) is 5.62. The largest absolute Gasteiger partial charge is 0.496 e. The van der Waals surface area contributed by atoms with E-state index in [0.717, 1.165) is 12.3 Å². The molecule has 1 N–H and O–H groups in total. The third kappa shape index (κ3) is 2.59. The molecule has 2 nitrogen and oxygen atoms in total. The van der Waals surface area contributed by atoms with Crippen LogP contribution < -0.4 is 10.1 Å². The maximum absolute atomic E-state index is 5.44. The van der Waals surface area contributed by atoms with Crippen LogP contribution in [-0.2, 0) is 6.54 Å². The van der Waals surface area contributed by atoms with Crippen molar-refractivity contribution in [2.75, 3.05) is 7.11 Å². The lowest BCUT2D eigenvalue weighted by Crippen LogP contribution is -2.25. The normalized spacial score (nSPS) is 16.1. The summed E-state index contributed by atoms with van der Waals surface area (Å²) >= 11 is 0. The predicted molar refractivity (Wildman–Crippen MR) is 79.6 cm³/mol. The molecule has 0 aliphatic heterocycles. The van der Waals surface area contributed by atoms with Crippen LogP contribution in [0.15, 0.2) is 36.4 Å². The molecule has 100 valence electrons. The van der Waals surface area contributed by atoms with Crippen LogP contribution in [0.3, 0.4) is 0 Å². The van der Waals surface area contributed by atoms with Gasteiger partial charge in [0.05, 0.1) is 7.11 Å². The van der Waals surface area contributed by atoms with Crippen molar-refractivity contribution in [3.63, 3.8) is 0 Å². The van der Waals surface area contributed by atoms with Crippen molar-refractivity contribution in [2.24, 2.45) is 0 Å². The van der Waals surface area contributed by atoms with E-state index in [0.29, 0.717) is 6.04 Å². The Morgan fingerprint density at radius 1 is 1.05 bits per heavy atom. The number of methoxy groups -OCH3 is 1. The van der Waals surface area contributed by atoms with E-state index < -0.39 is 0 Å². The van der Waals surface area contributed by atoms with E-state index in [1.807, 2.05) is 0 Å². The predicted octanol–water partition coefficient (Wildman–Crippen LogP) is 3.88. The molecule has 2 aromatic rings. The highest BCUT2D eigenvalue weighted by atomic mass is 16.5. The summed E-state index contributed by atoms with van der Waals surface area (Å²) < 4.78 is 5.44. The molecule has 0 atom stereocenters. The second-order valence-corrected chi connectivity index (χ2v) is 5.33. The fourth-order valence-electron chi connectivity index (χ4n) is 3.05. The SMILES string of the molecule is COc1ccc(CNC2CCCC2)c2ccccc12. The van der Waals surface area contributed by atoms with Crippen molar-refractivity contribution in [2.45, 2.75) is 38.3 Å². The Morgan fingerprint density at radius 2 is 1.79 bits per heavy atom. The molecule has 0 amide bonds. The molecule has 2 heteroatoms. The maximum Gasteiger partial charge on any atom is 0.126 e. The fraction of sp³-hybridized carbons (Fsp3) is 0.412. The number of hydrogen-bond acceptors (Lipinski definition) is 2. The molecule has 0 unspecified atom stereocenters. The molecule has 1 fully saturated rings. The molecule has 0 aromatic heterocycles. The Kier molecular flexibility index (Phi) is 3.69. The van der Waals surface area contributed by atoms with Crippen LogP contribution in [0.1, 0.15) is 31.2 Å². The van der Waals surface area contributed by atoms with Gasteiger partial charge in [-0.2, -0.15) is 0 Å². The molecule has 0 radical (unpaired) electrons. The van der Waals surface area contributed by atoms with E-state index >= 15 is 0 Å². The molecule has 3 rings (SSSR count). The van der Waals surface area contributed by atoms with E-state index in [1.165, 1.54) is 42.0 Å². The van der Waals surface area contributed by atoms with Gasteiger partial charge in [0.2, 0.25) is 0 Å². The van der Waals surface area contributed by atoms with Gasteiger partial charge in [0.1, 0.15) is 5.75 Å². The number of benzene rings is 2. The Bertz CT molecular complexity index is 558. The number of nitrogens with one attached hydrogen (secondary N) is 1. The average molecular weight is 255 g/mol. The van der Waals surface area contributed by atoms with Gasteiger partial charge in [-0.25, -0.2) is 0 Å². The first-order valence-electron chi connectivity index (χ1n) is 7.16.